The standard InChI is InChI=1S/C27H15Br3O6/c28-19-7-1-16(2-8-19)25(31)34-22-13-23(35-26(32)17-3-9-20(29)10-4-17)15-24(14-22)36-27(33)18-5-11-21(30)12-6-18/h1-15H. The second-order valence-electron chi connectivity index (χ2n) is 7.33. The Kier molecular flexibility index (Phi) is 8.35. The van der Waals surface area contributed by atoms with Gasteiger partial charge < -0.3 is 14.2 Å². The SMILES string of the molecule is O=C(Oc1cc(OC(=O)c2ccc(Br)cc2)cc(OC(=O)c2ccc(Br)cc2)c1)c1ccc(Br)cc1. The molecule has 36 heavy (non-hydrogen) atoms. The minimum absolute atomic E-state index is 0.0302. The van der Waals surface area contributed by atoms with Crippen molar-refractivity contribution in [3.63, 3.8) is 0 Å². The molecular weight excluding hydrogens is 660 g/mol. The minimum Gasteiger partial charge on any atom is -0.423 e. The third-order valence-electron chi connectivity index (χ3n) is 4.72. The summed E-state index contributed by atoms with van der Waals surface area (Å²) in [5.74, 6) is -1.81. The monoisotopic (exact) mass is 672 g/mol. The molecule has 180 valence electrons. The zero-order chi connectivity index (χ0) is 25.7. The lowest BCUT2D eigenvalue weighted by Crippen LogP contribution is -2.12. The first-order chi connectivity index (χ1) is 17.3. The summed E-state index contributed by atoms with van der Waals surface area (Å²) in [6, 6.07) is 23.9. The molecule has 4 aromatic rings. The van der Waals surface area contributed by atoms with Gasteiger partial charge in [-0.05, 0) is 72.8 Å². The molecule has 0 spiro atoms. The molecule has 0 aromatic heterocycles. The molecule has 0 heterocycles. The second kappa shape index (κ2) is 11.6. The van der Waals surface area contributed by atoms with Crippen LogP contribution in [-0.4, -0.2) is 17.9 Å². The van der Waals surface area contributed by atoms with Gasteiger partial charge in [0, 0.05) is 31.6 Å². The van der Waals surface area contributed by atoms with Crippen LogP contribution in [-0.2, 0) is 0 Å². The molecule has 0 unspecified atom stereocenters. The van der Waals surface area contributed by atoms with Crippen molar-refractivity contribution < 1.29 is 28.6 Å². The maximum atomic E-state index is 12.6. The highest BCUT2D eigenvalue weighted by Gasteiger charge is 2.16. The van der Waals surface area contributed by atoms with E-state index >= 15 is 0 Å². The number of rotatable bonds is 6. The first kappa shape index (κ1) is 25.8. The maximum absolute atomic E-state index is 12.6. The smallest absolute Gasteiger partial charge is 0.343 e. The van der Waals surface area contributed by atoms with Gasteiger partial charge in [0.25, 0.3) is 0 Å². The summed E-state index contributed by atoms with van der Waals surface area (Å²) in [5.41, 5.74) is 0.927. The van der Waals surface area contributed by atoms with E-state index in [1.165, 1.54) is 18.2 Å². The largest absolute Gasteiger partial charge is 0.423 e. The molecule has 0 fully saturated rings. The van der Waals surface area contributed by atoms with Gasteiger partial charge in [-0.3, -0.25) is 0 Å². The molecule has 0 radical (unpaired) electrons. The van der Waals surface area contributed by atoms with E-state index in [9.17, 15) is 14.4 Å². The molecule has 4 aromatic carbocycles. The molecule has 0 atom stereocenters. The van der Waals surface area contributed by atoms with Gasteiger partial charge in [0.05, 0.1) is 16.7 Å². The fourth-order valence-electron chi connectivity index (χ4n) is 2.98. The first-order valence-corrected chi connectivity index (χ1v) is 12.7. The fourth-order valence-corrected chi connectivity index (χ4v) is 3.77. The third kappa shape index (κ3) is 6.90. The molecule has 0 aliphatic carbocycles. The van der Waals surface area contributed by atoms with E-state index in [0.717, 1.165) is 13.4 Å². The number of ether oxygens (including phenoxy) is 3. The van der Waals surface area contributed by atoms with E-state index < -0.39 is 17.9 Å². The zero-order valence-corrected chi connectivity index (χ0v) is 23.0. The van der Waals surface area contributed by atoms with Crippen LogP contribution in [0.1, 0.15) is 31.1 Å². The van der Waals surface area contributed by atoms with E-state index in [-0.39, 0.29) is 17.2 Å². The Morgan fingerprint density at radius 1 is 0.417 bits per heavy atom. The number of carbonyl (C=O) groups is 3. The summed E-state index contributed by atoms with van der Waals surface area (Å²) in [4.78, 5) is 37.9. The Morgan fingerprint density at radius 2 is 0.639 bits per heavy atom. The first-order valence-electron chi connectivity index (χ1n) is 10.4. The van der Waals surface area contributed by atoms with E-state index in [1.807, 2.05) is 0 Å². The predicted octanol–water partition coefficient (Wildman–Crippen LogP) is 7.63. The molecule has 0 amide bonds. The Morgan fingerprint density at radius 3 is 0.861 bits per heavy atom. The average molecular weight is 675 g/mol. The second-order valence-corrected chi connectivity index (χ2v) is 10.1. The van der Waals surface area contributed by atoms with Gasteiger partial charge in [0.1, 0.15) is 17.2 Å². The van der Waals surface area contributed by atoms with Gasteiger partial charge in [0.15, 0.2) is 0 Å². The van der Waals surface area contributed by atoms with Crippen LogP contribution < -0.4 is 14.2 Å². The summed E-state index contributed by atoms with van der Waals surface area (Å²) in [6.45, 7) is 0. The summed E-state index contributed by atoms with van der Waals surface area (Å²) in [5, 5.41) is 0. The van der Waals surface area contributed by atoms with Gasteiger partial charge in [-0.2, -0.15) is 0 Å². The van der Waals surface area contributed by atoms with Gasteiger partial charge in [-0.1, -0.05) is 47.8 Å². The van der Waals surface area contributed by atoms with Crippen molar-refractivity contribution in [2.45, 2.75) is 0 Å². The van der Waals surface area contributed by atoms with Crippen molar-refractivity contribution in [2.75, 3.05) is 0 Å². The lowest BCUT2D eigenvalue weighted by Gasteiger charge is -2.11. The Labute approximate surface area is 231 Å². The van der Waals surface area contributed by atoms with Crippen molar-refractivity contribution in [3.05, 3.63) is 121 Å². The van der Waals surface area contributed by atoms with E-state index in [4.69, 9.17) is 14.2 Å². The topological polar surface area (TPSA) is 78.9 Å². The maximum Gasteiger partial charge on any atom is 0.343 e. The number of carbonyl (C=O) groups excluding carboxylic acids is 3. The molecule has 9 heteroatoms. The van der Waals surface area contributed by atoms with Gasteiger partial charge in [-0.15, -0.1) is 0 Å². The van der Waals surface area contributed by atoms with Crippen LogP contribution in [0.4, 0.5) is 0 Å². The van der Waals surface area contributed by atoms with Gasteiger partial charge in [-0.25, -0.2) is 14.4 Å². The Hall–Kier alpha value is -3.27. The molecule has 0 bridgehead atoms. The quantitative estimate of drug-likeness (QED) is 0.155. The zero-order valence-electron chi connectivity index (χ0n) is 18.2. The lowest BCUT2D eigenvalue weighted by molar-refractivity contribution is 0.0730. The van der Waals surface area contributed by atoms with E-state index in [2.05, 4.69) is 47.8 Å². The molecule has 4 rings (SSSR count). The van der Waals surface area contributed by atoms with E-state index in [1.54, 1.807) is 72.8 Å². The van der Waals surface area contributed by atoms with Crippen molar-refractivity contribution in [1.82, 2.24) is 0 Å². The number of hydrogen-bond donors (Lipinski definition) is 0. The number of esters is 3. The van der Waals surface area contributed by atoms with Crippen LogP contribution in [0.15, 0.2) is 104 Å². The molecule has 0 N–H and O–H groups in total. The fraction of sp³-hybridized carbons (Fsp3) is 0. The highest BCUT2D eigenvalue weighted by atomic mass is 79.9. The average Bonchev–Trinajstić information content (AvgIpc) is 2.85. The van der Waals surface area contributed by atoms with Crippen LogP contribution in [0.5, 0.6) is 17.2 Å². The molecule has 0 aliphatic heterocycles. The van der Waals surface area contributed by atoms with Crippen molar-refractivity contribution in [2.24, 2.45) is 0 Å². The van der Waals surface area contributed by atoms with Gasteiger partial charge in [0.2, 0.25) is 0 Å². The molecule has 0 aliphatic rings. The van der Waals surface area contributed by atoms with Crippen molar-refractivity contribution >= 4 is 65.7 Å². The number of hydrogen-bond acceptors (Lipinski definition) is 6. The molecular formula is C27H15Br3O6. The highest BCUT2D eigenvalue weighted by molar-refractivity contribution is 9.11. The predicted molar refractivity (Wildman–Crippen MR) is 144 cm³/mol. The Bertz CT molecular complexity index is 1230. The Balaban J connectivity index is 1.61. The summed E-state index contributed by atoms with van der Waals surface area (Å²) < 4.78 is 18.9. The summed E-state index contributed by atoms with van der Waals surface area (Å²) in [6.07, 6.45) is 0. The normalized spacial score (nSPS) is 10.4. The van der Waals surface area contributed by atoms with Crippen molar-refractivity contribution in [1.29, 1.82) is 0 Å². The van der Waals surface area contributed by atoms with Crippen LogP contribution in [0.25, 0.3) is 0 Å². The van der Waals surface area contributed by atoms with Gasteiger partial charge >= 0.3 is 17.9 Å². The summed E-state index contributed by atoms with van der Waals surface area (Å²) >= 11 is 9.95. The van der Waals surface area contributed by atoms with Crippen LogP contribution >= 0.6 is 47.8 Å². The number of halogens is 3. The van der Waals surface area contributed by atoms with Crippen LogP contribution in [0.3, 0.4) is 0 Å². The molecule has 0 saturated heterocycles. The third-order valence-corrected chi connectivity index (χ3v) is 6.31. The van der Waals surface area contributed by atoms with Crippen LogP contribution in [0.2, 0.25) is 0 Å². The van der Waals surface area contributed by atoms with Crippen molar-refractivity contribution in [3.8, 4) is 17.2 Å². The van der Waals surface area contributed by atoms with E-state index in [0.29, 0.717) is 16.7 Å². The summed E-state index contributed by atoms with van der Waals surface area (Å²) in [7, 11) is 0. The number of benzene rings is 4. The lowest BCUT2D eigenvalue weighted by atomic mass is 10.2. The molecule has 0 saturated carbocycles. The van der Waals surface area contributed by atoms with Crippen LogP contribution in [0, 0.1) is 0 Å². The highest BCUT2D eigenvalue weighted by Crippen LogP contribution is 2.30. The molecule has 6 nitrogen and oxygen atoms in total. The minimum atomic E-state index is -0.635.